The van der Waals surface area contributed by atoms with Crippen LogP contribution in [0.5, 0.6) is 11.5 Å². The van der Waals surface area contributed by atoms with E-state index in [-0.39, 0.29) is 12.7 Å². The van der Waals surface area contributed by atoms with E-state index in [9.17, 15) is 13.2 Å². The van der Waals surface area contributed by atoms with Crippen molar-refractivity contribution in [3.05, 3.63) is 40.9 Å². The molecule has 0 unspecified atom stereocenters. The van der Waals surface area contributed by atoms with Crippen LogP contribution in [0.25, 0.3) is 10.2 Å². The molecule has 0 bridgehead atoms. The third-order valence-electron chi connectivity index (χ3n) is 3.44. The number of hydrogen-bond donors (Lipinski definition) is 1. The second-order valence-corrected chi connectivity index (χ2v) is 6.13. The van der Waals surface area contributed by atoms with E-state index in [1.54, 1.807) is 6.07 Å². The number of anilines is 1. The molecule has 0 aliphatic carbocycles. The van der Waals surface area contributed by atoms with E-state index in [0.717, 1.165) is 11.6 Å². The molecule has 3 heterocycles. The van der Waals surface area contributed by atoms with Crippen molar-refractivity contribution in [2.45, 2.75) is 12.7 Å². The third kappa shape index (κ3) is 2.82. The largest absolute Gasteiger partial charge is 0.454 e. The van der Waals surface area contributed by atoms with Crippen LogP contribution in [-0.2, 0) is 12.7 Å². The summed E-state index contributed by atoms with van der Waals surface area (Å²) in [6.07, 6.45) is -2.98. The van der Waals surface area contributed by atoms with Crippen LogP contribution in [0, 0.1) is 0 Å². The smallest absolute Gasteiger partial charge is 0.425 e. The van der Waals surface area contributed by atoms with E-state index in [2.05, 4.69) is 15.3 Å². The molecule has 0 saturated heterocycles. The van der Waals surface area contributed by atoms with Crippen LogP contribution in [-0.4, -0.2) is 16.8 Å². The van der Waals surface area contributed by atoms with Crippen LogP contribution < -0.4 is 14.8 Å². The molecule has 4 rings (SSSR count). The van der Waals surface area contributed by atoms with E-state index >= 15 is 0 Å². The van der Waals surface area contributed by atoms with Crippen molar-refractivity contribution >= 4 is 27.5 Å². The Hall–Kier alpha value is -2.55. The van der Waals surface area contributed by atoms with E-state index in [1.165, 1.54) is 6.20 Å². The summed E-state index contributed by atoms with van der Waals surface area (Å²) in [5, 5.41) is 3.37. The fraction of sp³-hybridized carbons (Fsp3) is 0.200. The summed E-state index contributed by atoms with van der Waals surface area (Å²) in [6, 6.07) is 6.56. The SMILES string of the molecule is FC(F)(F)c1cc2cnc(NCc3ccc4c(c3)OCO4)nc2s1. The first-order chi connectivity index (χ1) is 11.5. The van der Waals surface area contributed by atoms with Crippen molar-refractivity contribution in [3.8, 4) is 11.5 Å². The van der Waals surface area contributed by atoms with Gasteiger partial charge in [0.05, 0.1) is 0 Å². The fourth-order valence-electron chi connectivity index (χ4n) is 2.29. The number of hydrogen-bond acceptors (Lipinski definition) is 6. The second-order valence-electron chi connectivity index (χ2n) is 5.10. The van der Waals surface area contributed by atoms with Crippen molar-refractivity contribution in [3.63, 3.8) is 0 Å². The molecule has 9 heteroatoms. The number of nitrogens with zero attached hydrogens (tertiary/aromatic N) is 2. The monoisotopic (exact) mass is 353 g/mol. The quantitative estimate of drug-likeness (QED) is 0.770. The van der Waals surface area contributed by atoms with Gasteiger partial charge < -0.3 is 14.8 Å². The fourth-order valence-corrected chi connectivity index (χ4v) is 3.16. The lowest BCUT2D eigenvalue weighted by Crippen LogP contribution is -2.03. The molecular formula is C15H10F3N3O2S. The van der Waals surface area contributed by atoms with Gasteiger partial charge >= 0.3 is 6.18 Å². The summed E-state index contributed by atoms with van der Waals surface area (Å²) in [5.41, 5.74) is 0.921. The lowest BCUT2D eigenvalue weighted by Gasteiger charge is -2.05. The van der Waals surface area contributed by atoms with Crippen molar-refractivity contribution in [1.29, 1.82) is 0 Å². The standard InChI is InChI=1S/C15H10F3N3O2S/c16-15(17,18)12-4-9-6-20-14(21-13(9)24-12)19-5-8-1-2-10-11(3-8)23-7-22-10/h1-4,6H,5,7H2,(H,19,20,21). The maximum absolute atomic E-state index is 12.7. The van der Waals surface area contributed by atoms with Gasteiger partial charge in [0.1, 0.15) is 9.71 Å². The van der Waals surface area contributed by atoms with Crippen LogP contribution in [0.1, 0.15) is 10.4 Å². The van der Waals surface area contributed by atoms with E-state index in [4.69, 9.17) is 9.47 Å². The summed E-state index contributed by atoms with van der Waals surface area (Å²) in [4.78, 5) is 7.80. The van der Waals surface area contributed by atoms with Gasteiger partial charge in [-0.1, -0.05) is 6.07 Å². The van der Waals surface area contributed by atoms with Gasteiger partial charge in [-0.25, -0.2) is 9.97 Å². The molecule has 0 saturated carbocycles. The number of alkyl halides is 3. The van der Waals surface area contributed by atoms with E-state index in [0.29, 0.717) is 39.6 Å². The molecule has 24 heavy (non-hydrogen) atoms. The van der Waals surface area contributed by atoms with Crippen LogP contribution in [0.15, 0.2) is 30.5 Å². The Morgan fingerprint density at radius 2 is 2.00 bits per heavy atom. The highest BCUT2D eigenvalue weighted by molar-refractivity contribution is 7.18. The van der Waals surface area contributed by atoms with Crippen molar-refractivity contribution in [2.24, 2.45) is 0 Å². The molecule has 0 fully saturated rings. The molecular weight excluding hydrogens is 343 g/mol. The number of fused-ring (bicyclic) bond motifs is 2. The van der Waals surface area contributed by atoms with Crippen LogP contribution in [0.3, 0.4) is 0 Å². The number of aromatic nitrogens is 2. The zero-order valence-corrected chi connectivity index (χ0v) is 12.9. The first kappa shape index (κ1) is 15.0. The number of ether oxygens (including phenoxy) is 2. The summed E-state index contributed by atoms with van der Waals surface area (Å²) >= 11 is 0.604. The number of thiophene rings is 1. The van der Waals surface area contributed by atoms with Crippen molar-refractivity contribution in [1.82, 2.24) is 9.97 Å². The van der Waals surface area contributed by atoms with Gasteiger partial charge in [0.15, 0.2) is 11.5 Å². The number of halogens is 3. The Morgan fingerprint density at radius 3 is 2.83 bits per heavy atom. The number of nitrogens with one attached hydrogen (secondary N) is 1. The minimum absolute atomic E-state index is 0.200. The highest BCUT2D eigenvalue weighted by Gasteiger charge is 2.33. The molecule has 0 spiro atoms. The Bertz CT molecular complexity index is 911. The highest BCUT2D eigenvalue weighted by atomic mass is 32.1. The van der Waals surface area contributed by atoms with Crippen LogP contribution in [0.2, 0.25) is 0 Å². The summed E-state index contributed by atoms with van der Waals surface area (Å²) < 4.78 is 48.7. The van der Waals surface area contributed by atoms with Gasteiger partial charge in [-0.3, -0.25) is 0 Å². The predicted octanol–water partition coefficient (Wildman–Crippen LogP) is 4.05. The molecule has 0 radical (unpaired) electrons. The summed E-state index contributed by atoms with van der Waals surface area (Å²) in [7, 11) is 0. The molecule has 3 aromatic rings. The molecule has 2 aromatic heterocycles. The number of rotatable bonds is 3. The Labute approximate surface area is 138 Å². The van der Waals surface area contributed by atoms with Gasteiger partial charge in [-0.15, -0.1) is 11.3 Å². The Kier molecular flexibility index (Phi) is 3.45. The van der Waals surface area contributed by atoms with Gasteiger partial charge in [-0.05, 0) is 23.8 Å². The van der Waals surface area contributed by atoms with E-state index in [1.807, 2.05) is 12.1 Å². The molecule has 5 nitrogen and oxygen atoms in total. The molecule has 1 N–H and O–H groups in total. The Balaban J connectivity index is 1.52. The van der Waals surface area contributed by atoms with E-state index < -0.39 is 11.1 Å². The highest BCUT2D eigenvalue weighted by Crippen LogP contribution is 2.37. The van der Waals surface area contributed by atoms with Crippen molar-refractivity contribution in [2.75, 3.05) is 12.1 Å². The van der Waals surface area contributed by atoms with Gasteiger partial charge in [-0.2, -0.15) is 13.2 Å². The first-order valence-electron chi connectivity index (χ1n) is 6.95. The Morgan fingerprint density at radius 1 is 1.17 bits per heavy atom. The maximum Gasteiger partial charge on any atom is 0.425 e. The molecule has 0 amide bonds. The third-order valence-corrected chi connectivity index (χ3v) is 4.53. The topological polar surface area (TPSA) is 56.3 Å². The lowest BCUT2D eigenvalue weighted by atomic mass is 10.2. The molecule has 124 valence electrons. The predicted molar refractivity (Wildman–Crippen MR) is 82.3 cm³/mol. The molecule has 0 atom stereocenters. The molecule has 1 aliphatic rings. The number of benzene rings is 1. The summed E-state index contributed by atoms with van der Waals surface area (Å²) in [5.74, 6) is 1.63. The average molecular weight is 353 g/mol. The molecule has 1 aliphatic heterocycles. The zero-order valence-electron chi connectivity index (χ0n) is 12.1. The minimum Gasteiger partial charge on any atom is -0.454 e. The first-order valence-corrected chi connectivity index (χ1v) is 7.77. The summed E-state index contributed by atoms with van der Waals surface area (Å²) in [6.45, 7) is 0.617. The van der Waals surface area contributed by atoms with Gasteiger partial charge in [0.2, 0.25) is 12.7 Å². The van der Waals surface area contributed by atoms with Gasteiger partial charge in [0.25, 0.3) is 0 Å². The lowest BCUT2D eigenvalue weighted by molar-refractivity contribution is -0.134. The van der Waals surface area contributed by atoms with Crippen LogP contribution in [0.4, 0.5) is 19.1 Å². The van der Waals surface area contributed by atoms with Gasteiger partial charge in [0, 0.05) is 18.1 Å². The normalized spacial score (nSPS) is 13.5. The second kappa shape index (κ2) is 5.52. The van der Waals surface area contributed by atoms with Crippen LogP contribution >= 0.6 is 11.3 Å². The maximum atomic E-state index is 12.7. The zero-order chi connectivity index (χ0) is 16.7. The molecule has 1 aromatic carbocycles. The minimum atomic E-state index is -4.37. The van der Waals surface area contributed by atoms with Crippen molar-refractivity contribution < 1.29 is 22.6 Å². The average Bonchev–Trinajstić information content (AvgIpc) is 3.17.